The van der Waals surface area contributed by atoms with Crippen LogP contribution in [0, 0.1) is 18.8 Å². The van der Waals surface area contributed by atoms with Crippen LogP contribution in [-0.4, -0.2) is 57.2 Å². The van der Waals surface area contributed by atoms with Crippen LogP contribution in [0.5, 0.6) is 0 Å². The van der Waals surface area contributed by atoms with Crippen LogP contribution in [0.25, 0.3) is 0 Å². The van der Waals surface area contributed by atoms with Gasteiger partial charge in [0, 0.05) is 25.0 Å². The minimum absolute atomic E-state index is 0.0800. The molecule has 35 heavy (non-hydrogen) atoms. The van der Waals surface area contributed by atoms with Gasteiger partial charge in [-0.15, -0.1) is 0 Å². The van der Waals surface area contributed by atoms with Gasteiger partial charge >= 0.3 is 0 Å². The molecule has 1 saturated heterocycles. The number of aliphatic imine (C=N–C) groups is 1. The first-order valence-electron chi connectivity index (χ1n) is 12.7. The molecule has 2 aliphatic carbocycles. The molecule has 8 heteroatoms. The Morgan fingerprint density at radius 1 is 1.23 bits per heavy atom. The molecule has 4 aliphatic rings. The van der Waals surface area contributed by atoms with E-state index in [9.17, 15) is 9.90 Å². The number of piperidine rings is 1. The number of nitrogens with one attached hydrogen (secondary N) is 1. The molecule has 0 radical (unpaired) electrons. The fourth-order valence-electron chi connectivity index (χ4n) is 5.88. The SMILES string of the molecule is CC1=C2CC[C@@H](NC(=O)c3cn(Cc4ccc(N5CC6CC6C5)nc4C)nc3C(C)(C)O)C2=NC1. The second kappa shape index (κ2) is 8.01. The van der Waals surface area contributed by atoms with Gasteiger partial charge in [-0.05, 0) is 81.6 Å². The highest BCUT2D eigenvalue weighted by atomic mass is 16.3. The van der Waals surface area contributed by atoms with Crippen molar-refractivity contribution in [3.8, 4) is 0 Å². The molecule has 2 aromatic heterocycles. The number of hydrogen-bond acceptors (Lipinski definition) is 6. The van der Waals surface area contributed by atoms with E-state index in [1.165, 1.54) is 17.6 Å². The van der Waals surface area contributed by atoms with Crippen molar-refractivity contribution < 1.29 is 9.90 Å². The van der Waals surface area contributed by atoms with E-state index in [2.05, 4.69) is 39.4 Å². The van der Waals surface area contributed by atoms with Gasteiger partial charge in [-0.2, -0.15) is 5.10 Å². The fourth-order valence-corrected chi connectivity index (χ4v) is 5.88. The highest BCUT2D eigenvalue weighted by Gasteiger charge is 2.45. The van der Waals surface area contributed by atoms with Gasteiger partial charge in [-0.3, -0.25) is 14.5 Å². The number of carbonyl (C=O) groups is 1. The smallest absolute Gasteiger partial charge is 0.255 e. The van der Waals surface area contributed by atoms with Crippen LogP contribution in [0.3, 0.4) is 0 Å². The molecule has 184 valence electrons. The number of nitrogens with zero attached hydrogens (tertiary/aromatic N) is 5. The van der Waals surface area contributed by atoms with Crippen LogP contribution >= 0.6 is 0 Å². The Bertz CT molecular complexity index is 1260. The molecule has 1 amide bonds. The van der Waals surface area contributed by atoms with Crippen LogP contribution in [0.4, 0.5) is 5.82 Å². The Kier molecular flexibility index (Phi) is 5.14. The zero-order valence-corrected chi connectivity index (χ0v) is 21.0. The average Bonchev–Trinajstić information content (AvgIpc) is 3.24. The zero-order chi connectivity index (χ0) is 24.5. The van der Waals surface area contributed by atoms with Crippen molar-refractivity contribution in [1.82, 2.24) is 20.1 Å². The molecule has 2 N–H and O–H groups in total. The van der Waals surface area contributed by atoms with E-state index in [0.717, 1.165) is 67.1 Å². The van der Waals surface area contributed by atoms with E-state index in [-0.39, 0.29) is 11.9 Å². The highest BCUT2D eigenvalue weighted by molar-refractivity contribution is 6.10. The van der Waals surface area contributed by atoms with Gasteiger partial charge in [0.05, 0.1) is 30.4 Å². The first kappa shape index (κ1) is 22.5. The standard InChI is InChI=1S/C27H34N6O2/c1-15-10-28-24-20(15)6-7-22(24)30-26(34)21-14-33(31-25(21)27(3,4)35)13-17-5-8-23(29-16(17)2)32-11-18-9-19(18)12-32/h5,8,14,18-19,22,35H,6-7,9-13H2,1-4H3,(H,30,34)/t18?,19?,22-/m1/s1. The van der Waals surface area contributed by atoms with E-state index in [4.69, 9.17) is 4.98 Å². The summed E-state index contributed by atoms with van der Waals surface area (Å²) in [6, 6.07) is 4.12. The first-order chi connectivity index (χ1) is 16.7. The molecule has 2 unspecified atom stereocenters. The van der Waals surface area contributed by atoms with Gasteiger partial charge in [0.2, 0.25) is 0 Å². The molecule has 0 bridgehead atoms. The van der Waals surface area contributed by atoms with E-state index in [1.54, 1.807) is 24.7 Å². The summed E-state index contributed by atoms with van der Waals surface area (Å²) in [5.74, 6) is 2.56. The number of aryl methyl sites for hydroxylation is 1. The van der Waals surface area contributed by atoms with Crippen LogP contribution < -0.4 is 10.2 Å². The summed E-state index contributed by atoms with van der Waals surface area (Å²) >= 11 is 0. The molecule has 2 aromatic rings. The Morgan fingerprint density at radius 3 is 2.71 bits per heavy atom. The third-order valence-electron chi connectivity index (χ3n) is 8.03. The molecule has 4 heterocycles. The minimum Gasteiger partial charge on any atom is -0.384 e. The molecule has 2 aliphatic heterocycles. The van der Waals surface area contributed by atoms with Crippen LogP contribution in [0.1, 0.15) is 67.3 Å². The predicted molar refractivity (Wildman–Crippen MR) is 135 cm³/mol. The third-order valence-corrected chi connectivity index (χ3v) is 8.03. The molecule has 3 atom stereocenters. The van der Waals surface area contributed by atoms with E-state index in [0.29, 0.717) is 17.8 Å². The number of aliphatic hydroxyl groups is 1. The Morgan fingerprint density at radius 2 is 2.00 bits per heavy atom. The second-order valence-corrected chi connectivity index (χ2v) is 11.2. The molecular formula is C27H34N6O2. The normalized spacial score (nSPS) is 25.1. The van der Waals surface area contributed by atoms with Gasteiger partial charge in [0.15, 0.2) is 0 Å². The van der Waals surface area contributed by atoms with E-state index >= 15 is 0 Å². The number of amides is 1. The largest absolute Gasteiger partial charge is 0.384 e. The Hall–Kier alpha value is -3.00. The summed E-state index contributed by atoms with van der Waals surface area (Å²) in [5.41, 5.74) is 5.18. The van der Waals surface area contributed by atoms with Crippen LogP contribution in [0.2, 0.25) is 0 Å². The number of pyridine rings is 1. The van der Waals surface area contributed by atoms with Gasteiger partial charge in [-0.1, -0.05) is 6.07 Å². The Labute approximate surface area is 206 Å². The lowest BCUT2D eigenvalue weighted by Crippen LogP contribution is -2.38. The Balaban J connectivity index is 1.21. The number of anilines is 1. The number of fused-ring (bicyclic) bond motifs is 2. The maximum absolute atomic E-state index is 13.3. The summed E-state index contributed by atoms with van der Waals surface area (Å²) < 4.78 is 1.74. The number of carbonyl (C=O) groups excluding carboxylic acids is 1. The summed E-state index contributed by atoms with van der Waals surface area (Å²) in [4.78, 5) is 25.2. The zero-order valence-electron chi connectivity index (χ0n) is 21.0. The van der Waals surface area contributed by atoms with E-state index in [1.807, 2.05) is 6.92 Å². The lowest BCUT2D eigenvalue weighted by atomic mass is 10.0. The van der Waals surface area contributed by atoms with Crippen molar-refractivity contribution in [2.75, 3.05) is 24.5 Å². The molecule has 2 saturated carbocycles. The number of aromatic nitrogens is 3. The van der Waals surface area contributed by atoms with Crippen molar-refractivity contribution in [2.45, 2.75) is 65.1 Å². The molecule has 3 fully saturated rings. The van der Waals surface area contributed by atoms with Gasteiger partial charge < -0.3 is 15.3 Å². The van der Waals surface area contributed by atoms with Crippen LogP contribution in [0.15, 0.2) is 34.5 Å². The number of hydrogen-bond donors (Lipinski definition) is 2. The molecule has 6 rings (SSSR count). The molecule has 8 nitrogen and oxygen atoms in total. The topological polar surface area (TPSA) is 95.6 Å². The van der Waals surface area contributed by atoms with Gasteiger partial charge in [0.25, 0.3) is 5.91 Å². The van der Waals surface area contributed by atoms with Crippen LogP contribution in [-0.2, 0) is 12.1 Å². The van der Waals surface area contributed by atoms with Crippen molar-refractivity contribution >= 4 is 17.4 Å². The van der Waals surface area contributed by atoms with Crippen molar-refractivity contribution in [3.63, 3.8) is 0 Å². The quantitative estimate of drug-likeness (QED) is 0.671. The average molecular weight is 475 g/mol. The van der Waals surface area contributed by atoms with Crippen molar-refractivity contribution in [3.05, 3.63) is 52.0 Å². The maximum atomic E-state index is 13.3. The monoisotopic (exact) mass is 474 g/mol. The molecular weight excluding hydrogens is 440 g/mol. The van der Waals surface area contributed by atoms with Gasteiger partial charge in [0.1, 0.15) is 17.1 Å². The van der Waals surface area contributed by atoms with Crippen molar-refractivity contribution in [2.24, 2.45) is 16.8 Å². The minimum atomic E-state index is -1.24. The second-order valence-electron chi connectivity index (χ2n) is 11.2. The first-order valence-corrected chi connectivity index (χ1v) is 12.7. The lowest BCUT2D eigenvalue weighted by Gasteiger charge is -2.20. The third kappa shape index (κ3) is 4.07. The summed E-state index contributed by atoms with van der Waals surface area (Å²) in [6.45, 7) is 10.9. The summed E-state index contributed by atoms with van der Waals surface area (Å²) in [7, 11) is 0. The van der Waals surface area contributed by atoms with Crippen molar-refractivity contribution in [1.29, 1.82) is 0 Å². The summed E-state index contributed by atoms with van der Waals surface area (Å²) in [5, 5.41) is 18.6. The van der Waals surface area contributed by atoms with E-state index < -0.39 is 5.60 Å². The lowest BCUT2D eigenvalue weighted by molar-refractivity contribution is 0.0699. The number of rotatable bonds is 6. The molecule has 0 spiro atoms. The van der Waals surface area contributed by atoms with Gasteiger partial charge in [-0.25, -0.2) is 4.98 Å². The highest BCUT2D eigenvalue weighted by Crippen LogP contribution is 2.46. The molecule has 0 aromatic carbocycles. The fraction of sp³-hybridized carbons (Fsp3) is 0.556. The predicted octanol–water partition coefficient (Wildman–Crippen LogP) is 2.98. The maximum Gasteiger partial charge on any atom is 0.255 e. The summed E-state index contributed by atoms with van der Waals surface area (Å²) in [6.07, 6.45) is 4.93.